The lowest BCUT2D eigenvalue weighted by atomic mass is 9.88. The van der Waals surface area contributed by atoms with Crippen LogP contribution in [0.25, 0.3) is 0 Å². The lowest BCUT2D eigenvalue weighted by molar-refractivity contribution is -0.0892. The molecule has 3 heterocycles. The summed E-state index contributed by atoms with van der Waals surface area (Å²) in [6, 6.07) is 0. The first-order chi connectivity index (χ1) is 20.2. The highest BCUT2D eigenvalue weighted by molar-refractivity contribution is 4.75. The van der Waals surface area contributed by atoms with Crippen LogP contribution in [0.3, 0.4) is 0 Å². The Hall–Kier alpha value is -0.340. The van der Waals surface area contributed by atoms with Gasteiger partial charge in [-0.25, -0.2) is 8.78 Å². The summed E-state index contributed by atoms with van der Waals surface area (Å²) in [5.74, 6) is 1.55. The summed E-state index contributed by atoms with van der Waals surface area (Å²) >= 11 is 0. The van der Waals surface area contributed by atoms with Crippen LogP contribution in [0.2, 0.25) is 0 Å². The van der Waals surface area contributed by atoms with Crippen LogP contribution < -0.4 is 0 Å². The summed E-state index contributed by atoms with van der Waals surface area (Å²) < 4.78 is 39.9. The Morgan fingerprint density at radius 2 is 0.930 bits per heavy atom. The highest BCUT2D eigenvalue weighted by Gasteiger charge is 2.33. The van der Waals surface area contributed by atoms with Gasteiger partial charge in [0.15, 0.2) is 0 Å². The van der Waals surface area contributed by atoms with Crippen molar-refractivity contribution in [2.45, 2.75) is 156 Å². The first-order valence-electron chi connectivity index (χ1n) is 17.6. The fourth-order valence-electron chi connectivity index (χ4n) is 5.58. The fourth-order valence-corrected chi connectivity index (χ4v) is 5.58. The van der Waals surface area contributed by atoms with E-state index in [1.807, 2.05) is 6.92 Å². The molecule has 3 aliphatic heterocycles. The van der Waals surface area contributed by atoms with Gasteiger partial charge in [-0.1, -0.05) is 48.5 Å². The Morgan fingerprint density at radius 1 is 0.512 bits per heavy atom. The van der Waals surface area contributed by atoms with Gasteiger partial charge in [0.1, 0.15) is 0 Å². The molecule has 258 valence electrons. The van der Waals surface area contributed by atoms with Crippen LogP contribution >= 0.6 is 0 Å². The summed E-state index contributed by atoms with van der Waals surface area (Å²) in [6.45, 7) is 21.2. The fraction of sp³-hybridized carbons (Fsp3) is 1.00. The molecule has 0 aromatic rings. The molecule has 3 saturated heterocycles. The van der Waals surface area contributed by atoms with Gasteiger partial charge in [0, 0.05) is 44.7 Å². The van der Waals surface area contributed by atoms with E-state index in [0.717, 1.165) is 89.0 Å². The van der Waals surface area contributed by atoms with Crippen molar-refractivity contribution in [3.05, 3.63) is 0 Å². The number of rotatable bonds is 0. The van der Waals surface area contributed by atoms with Gasteiger partial charge in [0.2, 0.25) is 5.92 Å². The summed E-state index contributed by atoms with van der Waals surface area (Å²) in [5, 5.41) is 17.9. The Balaban J connectivity index is 0.000000259. The van der Waals surface area contributed by atoms with E-state index < -0.39 is 5.92 Å². The molecule has 0 aromatic carbocycles. The summed E-state index contributed by atoms with van der Waals surface area (Å²) in [6.07, 6.45) is 13.2. The molecule has 7 heteroatoms. The molecule has 3 aliphatic carbocycles. The largest absolute Gasteiger partial charge is 0.393 e. The van der Waals surface area contributed by atoms with E-state index in [4.69, 9.17) is 24.4 Å². The Labute approximate surface area is 264 Å². The van der Waals surface area contributed by atoms with E-state index in [0.29, 0.717) is 24.2 Å². The van der Waals surface area contributed by atoms with Crippen LogP contribution in [0.4, 0.5) is 8.78 Å². The molecule has 0 amide bonds. The molecule has 0 aromatic heterocycles. The molecule has 6 aliphatic rings. The number of ether oxygens (including phenoxy) is 3. The van der Waals surface area contributed by atoms with Crippen molar-refractivity contribution in [1.29, 1.82) is 0 Å². The van der Waals surface area contributed by atoms with Gasteiger partial charge < -0.3 is 24.4 Å². The van der Waals surface area contributed by atoms with E-state index in [-0.39, 0.29) is 25.0 Å². The number of alkyl halides is 2. The monoisotopic (exact) mass is 621 g/mol. The Morgan fingerprint density at radius 3 is 1.16 bits per heavy atom. The summed E-state index contributed by atoms with van der Waals surface area (Å²) in [5.41, 5.74) is 0.500. The van der Waals surface area contributed by atoms with Crippen LogP contribution in [0.15, 0.2) is 0 Å². The number of hydrogen-bond donors (Lipinski definition) is 2. The second kappa shape index (κ2) is 22.2. The van der Waals surface area contributed by atoms with Crippen molar-refractivity contribution >= 4 is 0 Å². The minimum atomic E-state index is -2.34. The molecule has 0 bridgehead atoms. The van der Waals surface area contributed by atoms with Crippen molar-refractivity contribution < 1.29 is 33.2 Å². The van der Waals surface area contributed by atoms with Crippen molar-refractivity contribution in [2.24, 2.45) is 35.0 Å². The van der Waals surface area contributed by atoms with Gasteiger partial charge in [-0.3, -0.25) is 0 Å². The molecule has 3 unspecified atom stereocenters. The molecular formula is C36H70F2O5. The predicted molar refractivity (Wildman–Crippen MR) is 174 cm³/mol. The first-order valence-corrected chi connectivity index (χ1v) is 17.6. The normalized spacial score (nSPS) is 33.1. The van der Waals surface area contributed by atoms with Gasteiger partial charge >= 0.3 is 0 Å². The molecule has 3 atom stereocenters. The Kier molecular flexibility index (Phi) is 21.0. The topological polar surface area (TPSA) is 68.2 Å². The maximum Gasteiger partial charge on any atom is 0.248 e. The second-order valence-corrected chi connectivity index (χ2v) is 15.4. The van der Waals surface area contributed by atoms with Crippen LogP contribution in [-0.4, -0.2) is 68.0 Å². The van der Waals surface area contributed by atoms with Crippen LogP contribution in [0, 0.1) is 35.0 Å². The molecule has 2 N–H and O–H groups in total. The second-order valence-electron chi connectivity index (χ2n) is 15.4. The van der Waals surface area contributed by atoms with E-state index in [1.54, 1.807) is 0 Å². The third-order valence-corrected chi connectivity index (χ3v) is 9.31. The summed E-state index contributed by atoms with van der Waals surface area (Å²) in [7, 11) is 0. The molecule has 5 nitrogen and oxygen atoms in total. The highest BCUT2D eigenvalue weighted by Crippen LogP contribution is 2.35. The van der Waals surface area contributed by atoms with E-state index in [1.165, 1.54) is 38.5 Å². The number of aliphatic hydroxyl groups is 2. The molecule has 3 saturated carbocycles. The quantitative estimate of drug-likeness (QED) is 0.283. The zero-order valence-corrected chi connectivity index (χ0v) is 29.1. The maximum absolute atomic E-state index is 12.4. The van der Waals surface area contributed by atoms with Gasteiger partial charge in [0.05, 0.1) is 25.4 Å². The third-order valence-electron chi connectivity index (χ3n) is 9.31. The van der Waals surface area contributed by atoms with Gasteiger partial charge in [-0.05, 0) is 107 Å². The molecule has 43 heavy (non-hydrogen) atoms. The maximum atomic E-state index is 12.4. The molecule has 6 fully saturated rings. The molecule has 6 rings (SSSR count). The average Bonchev–Trinajstić information content (AvgIpc) is 3.59. The average molecular weight is 621 g/mol. The standard InChI is InChI=1S/C7H12F2.C7H14O.2C6H12O.2C5H10O/c1-6-2-4-7(8,9)5-3-6;1-6-2-4-7(8)5-3-6;1-6-2-4-7-5-3-6;1-5-2-3-6(7)4-5;1-5(2)3-6-4-5;1-5-2-3-6-4-5/h6H,2-5H2,1H3;6-8H,2-5H2,1H3;6H,2-5H2,1H3;5-7H,2-4H2,1H3;3-4H2,1-2H3;5H,2-4H2,1H3. The number of halogens is 2. The minimum Gasteiger partial charge on any atom is -0.393 e. The smallest absolute Gasteiger partial charge is 0.248 e. The van der Waals surface area contributed by atoms with Gasteiger partial charge in [0.25, 0.3) is 0 Å². The minimum absolute atomic E-state index is 0.0196. The predicted octanol–water partition coefficient (Wildman–Crippen LogP) is 9.08. The number of hydrogen-bond acceptors (Lipinski definition) is 5. The molecular weight excluding hydrogens is 550 g/mol. The first kappa shape index (κ1) is 40.7. The molecule has 0 radical (unpaired) electrons. The zero-order chi connectivity index (χ0) is 32.3. The summed E-state index contributed by atoms with van der Waals surface area (Å²) in [4.78, 5) is 0. The van der Waals surface area contributed by atoms with Gasteiger partial charge in [-0.2, -0.15) is 0 Å². The van der Waals surface area contributed by atoms with Crippen LogP contribution in [-0.2, 0) is 14.2 Å². The van der Waals surface area contributed by atoms with Crippen molar-refractivity contribution in [1.82, 2.24) is 0 Å². The Bertz CT molecular complexity index is 618. The molecule has 0 spiro atoms. The SMILES string of the molecule is CC1(C)COC1.CC1CCC(F)(F)CC1.CC1CCC(O)C1.CC1CCC(O)CC1.CC1CCOC1.CC1CCOCC1. The third kappa shape index (κ3) is 22.8. The van der Waals surface area contributed by atoms with E-state index >= 15 is 0 Å². The van der Waals surface area contributed by atoms with E-state index in [2.05, 4.69) is 41.5 Å². The van der Waals surface area contributed by atoms with Crippen molar-refractivity contribution in [2.75, 3.05) is 39.6 Å². The van der Waals surface area contributed by atoms with Crippen LogP contribution in [0.5, 0.6) is 0 Å². The number of aliphatic hydroxyl groups excluding tert-OH is 2. The van der Waals surface area contributed by atoms with Crippen LogP contribution in [0.1, 0.15) is 138 Å². The lowest BCUT2D eigenvalue weighted by Gasteiger charge is -2.33. The van der Waals surface area contributed by atoms with Crippen molar-refractivity contribution in [3.8, 4) is 0 Å². The lowest BCUT2D eigenvalue weighted by Crippen LogP contribution is -2.36. The van der Waals surface area contributed by atoms with Crippen molar-refractivity contribution in [3.63, 3.8) is 0 Å². The van der Waals surface area contributed by atoms with E-state index in [9.17, 15) is 8.78 Å². The zero-order valence-electron chi connectivity index (χ0n) is 29.1. The van der Waals surface area contributed by atoms with Gasteiger partial charge in [-0.15, -0.1) is 0 Å². The highest BCUT2D eigenvalue weighted by atomic mass is 19.3.